The average molecular weight is 309 g/mol. The molecule has 0 bridgehead atoms. The Morgan fingerprint density at radius 3 is 2.33 bits per heavy atom. The summed E-state index contributed by atoms with van der Waals surface area (Å²) in [4.78, 5) is 11.5. The normalized spacial score (nSPS) is 26.0. The van der Waals surface area contributed by atoms with Gasteiger partial charge < -0.3 is 0 Å². The summed E-state index contributed by atoms with van der Waals surface area (Å²) < 4.78 is 27.6. The molecule has 1 N–H and O–H groups in total. The van der Waals surface area contributed by atoms with E-state index in [1.807, 2.05) is 0 Å². The molecular weight excluding hydrogens is 286 g/mol. The number of sulfonamides is 1. The van der Waals surface area contributed by atoms with Crippen molar-refractivity contribution in [3.63, 3.8) is 0 Å². The van der Waals surface area contributed by atoms with E-state index in [1.54, 1.807) is 12.1 Å². The van der Waals surface area contributed by atoms with Gasteiger partial charge in [0.1, 0.15) is 0 Å². The van der Waals surface area contributed by atoms with Crippen molar-refractivity contribution in [1.82, 2.24) is 4.72 Å². The summed E-state index contributed by atoms with van der Waals surface area (Å²) >= 11 is 0. The number of carbonyl (C=O) groups excluding carboxylic acids is 1. The first-order valence-electron chi connectivity index (χ1n) is 7.48. The van der Waals surface area contributed by atoms with Crippen LogP contribution in [0.2, 0.25) is 0 Å². The zero-order chi connectivity index (χ0) is 15.6. The van der Waals surface area contributed by atoms with Crippen LogP contribution in [0.4, 0.5) is 0 Å². The Morgan fingerprint density at radius 2 is 1.86 bits per heavy atom. The minimum absolute atomic E-state index is 0.00688. The summed E-state index contributed by atoms with van der Waals surface area (Å²) in [6, 6.07) is 6.12. The van der Waals surface area contributed by atoms with Crippen molar-refractivity contribution in [2.24, 2.45) is 11.8 Å². The van der Waals surface area contributed by atoms with Crippen LogP contribution >= 0.6 is 0 Å². The Morgan fingerprint density at radius 1 is 1.24 bits per heavy atom. The number of nitrogens with one attached hydrogen (secondary N) is 1. The van der Waals surface area contributed by atoms with Gasteiger partial charge in [0.05, 0.1) is 4.90 Å². The first-order chi connectivity index (χ1) is 9.85. The highest BCUT2D eigenvalue weighted by Gasteiger charge is 2.34. The van der Waals surface area contributed by atoms with Crippen molar-refractivity contribution < 1.29 is 13.2 Å². The number of Topliss-reactive ketones (excluding diaryl/α,β-unsaturated/α-hetero) is 1. The number of ketones is 1. The van der Waals surface area contributed by atoms with E-state index in [2.05, 4.69) is 18.6 Å². The van der Waals surface area contributed by atoms with Gasteiger partial charge in [0.25, 0.3) is 0 Å². The lowest BCUT2D eigenvalue weighted by Crippen LogP contribution is -2.37. The van der Waals surface area contributed by atoms with Crippen LogP contribution in [0.5, 0.6) is 0 Å². The summed E-state index contributed by atoms with van der Waals surface area (Å²) in [5.74, 6) is 0.890. The van der Waals surface area contributed by atoms with E-state index >= 15 is 0 Å². The van der Waals surface area contributed by atoms with Crippen molar-refractivity contribution in [3.05, 3.63) is 29.8 Å². The van der Waals surface area contributed by atoms with Crippen LogP contribution in [0.15, 0.2) is 29.2 Å². The lowest BCUT2D eigenvalue weighted by Gasteiger charge is -2.21. The second-order valence-electron chi connectivity index (χ2n) is 5.91. The molecule has 116 valence electrons. The molecule has 4 nitrogen and oxygen atoms in total. The van der Waals surface area contributed by atoms with Gasteiger partial charge in [0.15, 0.2) is 5.78 Å². The highest BCUT2D eigenvalue weighted by atomic mass is 32.2. The molecule has 0 aromatic heterocycles. The number of benzene rings is 1. The van der Waals surface area contributed by atoms with Crippen LogP contribution in [0.3, 0.4) is 0 Å². The predicted molar refractivity (Wildman–Crippen MR) is 82.7 cm³/mol. The van der Waals surface area contributed by atoms with Crippen molar-refractivity contribution in [2.45, 2.75) is 51.0 Å². The lowest BCUT2D eigenvalue weighted by atomic mass is 9.94. The minimum atomic E-state index is -3.51. The van der Waals surface area contributed by atoms with Crippen LogP contribution in [0.25, 0.3) is 0 Å². The molecule has 0 spiro atoms. The van der Waals surface area contributed by atoms with E-state index in [9.17, 15) is 13.2 Å². The average Bonchev–Trinajstić information content (AvgIpc) is 2.79. The number of hydrogen-bond acceptors (Lipinski definition) is 3. The third kappa shape index (κ3) is 3.52. The molecule has 1 aliphatic carbocycles. The van der Waals surface area contributed by atoms with Crippen LogP contribution in [-0.2, 0) is 10.0 Å². The third-order valence-corrected chi connectivity index (χ3v) is 6.13. The molecule has 1 fully saturated rings. The van der Waals surface area contributed by atoms with Gasteiger partial charge in [0, 0.05) is 11.6 Å². The van der Waals surface area contributed by atoms with Crippen LogP contribution in [0, 0.1) is 11.8 Å². The molecule has 5 heteroatoms. The maximum absolute atomic E-state index is 12.4. The predicted octanol–water partition coefficient (Wildman–Crippen LogP) is 2.99. The fourth-order valence-corrected chi connectivity index (χ4v) is 4.49. The summed E-state index contributed by atoms with van der Waals surface area (Å²) in [5.41, 5.74) is 0.522. The van der Waals surface area contributed by atoms with Crippen molar-refractivity contribution in [2.75, 3.05) is 0 Å². The monoisotopic (exact) mass is 309 g/mol. The van der Waals surface area contributed by atoms with Gasteiger partial charge in [-0.1, -0.05) is 32.4 Å². The number of rotatable bonds is 5. The van der Waals surface area contributed by atoms with Crippen molar-refractivity contribution in [3.8, 4) is 0 Å². The topological polar surface area (TPSA) is 63.2 Å². The van der Waals surface area contributed by atoms with Gasteiger partial charge >= 0.3 is 0 Å². The molecule has 3 atom stereocenters. The van der Waals surface area contributed by atoms with Crippen LogP contribution in [0.1, 0.15) is 50.4 Å². The molecular formula is C16H23NO3S. The van der Waals surface area contributed by atoms with Gasteiger partial charge in [-0.05, 0) is 43.7 Å². The van der Waals surface area contributed by atoms with E-state index < -0.39 is 10.0 Å². The molecule has 0 amide bonds. The number of hydrogen-bond donors (Lipinski definition) is 1. The molecule has 3 unspecified atom stereocenters. The molecule has 1 aromatic rings. The fourth-order valence-electron chi connectivity index (χ4n) is 3.13. The van der Waals surface area contributed by atoms with Crippen molar-refractivity contribution in [1.29, 1.82) is 0 Å². The maximum Gasteiger partial charge on any atom is 0.240 e. The molecule has 0 saturated heterocycles. The first kappa shape index (κ1) is 16.2. The van der Waals surface area contributed by atoms with Gasteiger partial charge in [-0.15, -0.1) is 0 Å². The number of carbonyl (C=O) groups is 1. The summed E-state index contributed by atoms with van der Waals surface area (Å²) in [6.07, 6.45) is 3.06. The quantitative estimate of drug-likeness (QED) is 0.850. The van der Waals surface area contributed by atoms with E-state index in [0.717, 1.165) is 19.3 Å². The highest BCUT2D eigenvalue weighted by Crippen LogP contribution is 2.34. The molecule has 2 rings (SSSR count). The Kier molecular flexibility index (Phi) is 4.84. The van der Waals surface area contributed by atoms with Gasteiger partial charge in [-0.3, -0.25) is 4.79 Å². The molecule has 0 heterocycles. The summed E-state index contributed by atoms with van der Waals surface area (Å²) in [7, 11) is -3.51. The first-order valence-corrected chi connectivity index (χ1v) is 8.96. The molecule has 21 heavy (non-hydrogen) atoms. The molecule has 1 aliphatic rings. The van der Waals surface area contributed by atoms with E-state index in [1.165, 1.54) is 19.1 Å². The van der Waals surface area contributed by atoms with Gasteiger partial charge in [0.2, 0.25) is 10.0 Å². The second-order valence-corrected chi connectivity index (χ2v) is 7.63. The minimum Gasteiger partial charge on any atom is -0.295 e. The Bertz CT molecular complexity index is 607. The van der Waals surface area contributed by atoms with E-state index in [-0.39, 0.29) is 16.7 Å². The standard InChI is InChI=1S/C16H23NO3S/c1-4-13-7-10-16(11(13)2)17-21(19,20)15-8-5-14(6-9-15)12(3)18/h5-6,8-9,11,13,16-17H,4,7,10H2,1-3H3. The fraction of sp³-hybridized carbons (Fsp3) is 0.562. The SMILES string of the molecule is CCC1CCC(NS(=O)(=O)c2ccc(C(C)=O)cc2)C1C. The smallest absolute Gasteiger partial charge is 0.240 e. The molecule has 0 radical (unpaired) electrons. The zero-order valence-corrected chi connectivity index (χ0v) is 13.6. The van der Waals surface area contributed by atoms with Gasteiger partial charge in [-0.25, -0.2) is 13.1 Å². The second kappa shape index (κ2) is 6.28. The Labute approximate surface area is 127 Å². The van der Waals surface area contributed by atoms with E-state index in [0.29, 0.717) is 17.4 Å². The van der Waals surface area contributed by atoms with Gasteiger partial charge in [-0.2, -0.15) is 0 Å². The van der Waals surface area contributed by atoms with Crippen molar-refractivity contribution >= 4 is 15.8 Å². The van der Waals surface area contributed by atoms with Crippen LogP contribution < -0.4 is 4.72 Å². The van der Waals surface area contributed by atoms with E-state index in [4.69, 9.17) is 0 Å². The molecule has 1 saturated carbocycles. The van der Waals surface area contributed by atoms with Crippen LogP contribution in [-0.4, -0.2) is 20.2 Å². The summed E-state index contributed by atoms with van der Waals surface area (Å²) in [5, 5.41) is 0. The Hall–Kier alpha value is -1.20. The third-order valence-electron chi connectivity index (χ3n) is 4.63. The largest absolute Gasteiger partial charge is 0.295 e. The maximum atomic E-state index is 12.4. The molecule has 0 aliphatic heterocycles. The highest BCUT2D eigenvalue weighted by molar-refractivity contribution is 7.89. The summed E-state index contributed by atoms with van der Waals surface area (Å²) in [6.45, 7) is 5.73. The Balaban J connectivity index is 2.13. The molecule has 1 aromatic carbocycles. The lowest BCUT2D eigenvalue weighted by molar-refractivity contribution is 0.101. The zero-order valence-electron chi connectivity index (χ0n) is 12.8.